The summed E-state index contributed by atoms with van der Waals surface area (Å²) in [4.78, 5) is 13.2. The Bertz CT molecular complexity index is 550. The molecule has 1 aromatic rings. The van der Waals surface area contributed by atoms with Gasteiger partial charge >= 0.3 is 5.97 Å². The standard InChI is InChI=1S/C13H15NO3/c1-3-17-12-11(13(15)16)10-7-5-4-6-9(10)8-14(12)2/h4-8,12H,3H2,1-2H3,(H,15,16). The van der Waals surface area contributed by atoms with Gasteiger partial charge < -0.3 is 14.7 Å². The average Bonchev–Trinajstić information content (AvgIpc) is 2.29. The predicted molar refractivity (Wildman–Crippen MR) is 64.4 cm³/mol. The van der Waals surface area contributed by atoms with E-state index in [2.05, 4.69) is 0 Å². The molecule has 4 nitrogen and oxygen atoms in total. The molecule has 0 saturated carbocycles. The Morgan fingerprint density at radius 1 is 1.47 bits per heavy atom. The Kier molecular flexibility index (Phi) is 3.15. The van der Waals surface area contributed by atoms with Gasteiger partial charge in [0.25, 0.3) is 0 Å². The Morgan fingerprint density at radius 3 is 2.82 bits per heavy atom. The van der Waals surface area contributed by atoms with Crippen LogP contribution in [0.3, 0.4) is 0 Å². The van der Waals surface area contributed by atoms with Crippen LogP contribution >= 0.6 is 0 Å². The van der Waals surface area contributed by atoms with E-state index in [1.807, 2.05) is 44.4 Å². The van der Waals surface area contributed by atoms with Crippen molar-refractivity contribution in [2.45, 2.75) is 13.2 Å². The molecule has 0 fully saturated rings. The molecule has 1 aliphatic rings. The Morgan fingerprint density at radius 2 is 2.18 bits per heavy atom. The number of fused-ring (bicyclic) bond motifs is 1. The van der Waals surface area contributed by atoms with Gasteiger partial charge in [0.1, 0.15) is 0 Å². The maximum atomic E-state index is 11.4. The summed E-state index contributed by atoms with van der Waals surface area (Å²) in [6.45, 7) is 2.33. The summed E-state index contributed by atoms with van der Waals surface area (Å²) in [5.74, 6) is -0.934. The summed E-state index contributed by atoms with van der Waals surface area (Å²) in [6.07, 6.45) is 1.38. The van der Waals surface area contributed by atoms with Gasteiger partial charge in [0.2, 0.25) is 0 Å². The van der Waals surface area contributed by atoms with E-state index in [0.29, 0.717) is 12.2 Å². The fourth-order valence-electron chi connectivity index (χ4n) is 2.06. The summed E-state index contributed by atoms with van der Waals surface area (Å²) < 4.78 is 5.50. The molecule has 0 bridgehead atoms. The zero-order valence-corrected chi connectivity index (χ0v) is 9.88. The van der Waals surface area contributed by atoms with Crippen molar-refractivity contribution in [3.8, 4) is 0 Å². The zero-order valence-electron chi connectivity index (χ0n) is 9.88. The number of carboxylic acids is 1. The maximum Gasteiger partial charge on any atom is 0.336 e. The first-order valence-corrected chi connectivity index (χ1v) is 5.53. The molecule has 0 saturated heterocycles. The molecule has 1 heterocycles. The molecule has 90 valence electrons. The fourth-order valence-corrected chi connectivity index (χ4v) is 2.06. The highest BCUT2D eigenvalue weighted by Gasteiger charge is 2.27. The van der Waals surface area contributed by atoms with Gasteiger partial charge in [-0.25, -0.2) is 4.79 Å². The van der Waals surface area contributed by atoms with Crippen molar-refractivity contribution in [2.24, 2.45) is 0 Å². The van der Waals surface area contributed by atoms with Gasteiger partial charge in [0.15, 0.2) is 6.23 Å². The number of carbonyl (C=O) groups is 1. The van der Waals surface area contributed by atoms with Gasteiger partial charge in [0, 0.05) is 19.9 Å². The Hall–Kier alpha value is -1.81. The maximum absolute atomic E-state index is 11.4. The van der Waals surface area contributed by atoms with E-state index in [9.17, 15) is 9.90 Å². The van der Waals surface area contributed by atoms with Crippen molar-refractivity contribution in [2.75, 3.05) is 13.7 Å². The van der Waals surface area contributed by atoms with Crippen LogP contribution in [0.25, 0.3) is 11.8 Å². The Balaban J connectivity index is 2.71. The first-order chi connectivity index (χ1) is 8.15. The third kappa shape index (κ3) is 2.03. The number of aliphatic carboxylic acids is 1. The van der Waals surface area contributed by atoms with E-state index >= 15 is 0 Å². The van der Waals surface area contributed by atoms with Crippen LogP contribution < -0.4 is 10.4 Å². The lowest BCUT2D eigenvalue weighted by Gasteiger charge is -2.29. The van der Waals surface area contributed by atoms with Crippen LogP contribution in [0.2, 0.25) is 0 Å². The minimum absolute atomic E-state index is 0.299. The number of ether oxygens (including phenoxy) is 1. The molecule has 1 aliphatic heterocycles. The molecule has 1 aromatic carbocycles. The molecule has 0 aliphatic carbocycles. The van der Waals surface area contributed by atoms with Crippen LogP contribution in [-0.4, -0.2) is 35.9 Å². The minimum Gasteiger partial charge on any atom is -0.478 e. The smallest absolute Gasteiger partial charge is 0.336 e. The average molecular weight is 233 g/mol. The number of hydrogen-bond donors (Lipinski definition) is 1. The van der Waals surface area contributed by atoms with Crippen LogP contribution in [0, 0.1) is 0 Å². The second-order valence-electron chi connectivity index (χ2n) is 3.91. The van der Waals surface area contributed by atoms with Crippen LogP contribution in [0.5, 0.6) is 0 Å². The molecule has 2 rings (SSSR count). The van der Waals surface area contributed by atoms with Crippen molar-refractivity contribution in [3.05, 3.63) is 34.7 Å². The van der Waals surface area contributed by atoms with E-state index in [0.717, 1.165) is 10.4 Å². The highest BCUT2D eigenvalue weighted by atomic mass is 16.5. The summed E-state index contributed by atoms with van der Waals surface area (Å²) in [7, 11) is 1.82. The molecular weight excluding hydrogens is 218 g/mol. The summed E-state index contributed by atoms with van der Waals surface area (Å²) in [5, 5.41) is 11.0. The predicted octanol–water partition coefficient (Wildman–Crippen LogP) is -0.0321. The topological polar surface area (TPSA) is 49.8 Å². The summed E-state index contributed by atoms with van der Waals surface area (Å²) >= 11 is 0. The van der Waals surface area contributed by atoms with E-state index in [1.165, 1.54) is 0 Å². The largest absolute Gasteiger partial charge is 0.478 e. The van der Waals surface area contributed by atoms with Gasteiger partial charge in [-0.15, -0.1) is 0 Å². The van der Waals surface area contributed by atoms with Crippen LogP contribution in [0.15, 0.2) is 24.3 Å². The molecule has 17 heavy (non-hydrogen) atoms. The molecule has 1 atom stereocenters. The van der Waals surface area contributed by atoms with E-state index < -0.39 is 12.2 Å². The first kappa shape index (κ1) is 11.7. The molecule has 0 spiro atoms. The van der Waals surface area contributed by atoms with E-state index in [4.69, 9.17) is 4.74 Å². The fraction of sp³-hybridized carbons (Fsp3) is 0.308. The van der Waals surface area contributed by atoms with Crippen molar-refractivity contribution < 1.29 is 14.6 Å². The van der Waals surface area contributed by atoms with Crippen LogP contribution in [0.4, 0.5) is 0 Å². The van der Waals surface area contributed by atoms with E-state index in [-0.39, 0.29) is 0 Å². The monoisotopic (exact) mass is 233 g/mol. The van der Waals surface area contributed by atoms with Gasteiger partial charge in [-0.1, -0.05) is 24.3 Å². The normalized spacial score (nSPS) is 18.6. The number of rotatable bonds is 3. The highest BCUT2D eigenvalue weighted by Crippen LogP contribution is 2.13. The Labute approximate surface area is 99.4 Å². The minimum atomic E-state index is -0.934. The van der Waals surface area contributed by atoms with Crippen LogP contribution in [-0.2, 0) is 9.53 Å². The molecule has 1 N–H and O–H groups in total. The van der Waals surface area contributed by atoms with Gasteiger partial charge in [-0.2, -0.15) is 0 Å². The number of carboxylic acid groups (broad SMARTS) is 1. The SMILES string of the molecule is CCOC1C(C(=O)O)=c2ccccc2=CN1C. The third-order valence-corrected chi connectivity index (χ3v) is 2.77. The van der Waals surface area contributed by atoms with Gasteiger partial charge in [-0.3, -0.25) is 0 Å². The van der Waals surface area contributed by atoms with Crippen LogP contribution in [0.1, 0.15) is 6.92 Å². The second kappa shape index (κ2) is 4.59. The first-order valence-electron chi connectivity index (χ1n) is 5.53. The lowest BCUT2D eigenvalue weighted by atomic mass is 10.1. The van der Waals surface area contributed by atoms with Crippen molar-refractivity contribution in [1.82, 2.24) is 4.90 Å². The highest BCUT2D eigenvalue weighted by molar-refractivity contribution is 6.10. The summed E-state index contributed by atoms with van der Waals surface area (Å²) in [5.41, 5.74) is 0.299. The third-order valence-electron chi connectivity index (χ3n) is 2.77. The molecular formula is C13H15NO3. The van der Waals surface area contributed by atoms with Gasteiger partial charge in [-0.05, 0) is 17.4 Å². The number of benzene rings is 1. The summed E-state index contributed by atoms with van der Waals surface area (Å²) in [6, 6.07) is 7.44. The number of nitrogens with zero attached hydrogens (tertiary/aromatic N) is 1. The molecule has 0 aromatic heterocycles. The lowest BCUT2D eigenvalue weighted by molar-refractivity contribution is -0.132. The van der Waals surface area contributed by atoms with Crippen molar-refractivity contribution in [1.29, 1.82) is 0 Å². The second-order valence-corrected chi connectivity index (χ2v) is 3.91. The molecule has 0 amide bonds. The van der Waals surface area contributed by atoms with Crippen molar-refractivity contribution in [3.63, 3.8) is 0 Å². The molecule has 1 unspecified atom stereocenters. The molecule has 4 heteroatoms. The zero-order chi connectivity index (χ0) is 12.4. The molecule has 0 radical (unpaired) electrons. The van der Waals surface area contributed by atoms with E-state index in [1.54, 1.807) is 4.90 Å². The number of hydrogen-bond acceptors (Lipinski definition) is 3. The lowest BCUT2D eigenvalue weighted by Crippen LogP contribution is -2.46. The van der Waals surface area contributed by atoms with Gasteiger partial charge in [0.05, 0.1) is 5.57 Å². The van der Waals surface area contributed by atoms with Crippen molar-refractivity contribution >= 4 is 17.7 Å². The quantitative estimate of drug-likeness (QED) is 0.796.